The van der Waals surface area contributed by atoms with Crippen molar-refractivity contribution < 1.29 is 0 Å². The van der Waals surface area contributed by atoms with Crippen molar-refractivity contribution in [3.63, 3.8) is 0 Å². The van der Waals surface area contributed by atoms with Gasteiger partial charge in [-0.1, -0.05) is 90.6 Å². The van der Waals surface area contributed by atoms with E-state index in [1.165, 1.54) is 27.9 Å². The molecule has 174 valence electrons. The molecule has 3 heterocycles. The quantitative estimate of drug-likeness (QED) is 0.278. The van der Waals surface area contributed by atoms with Crippen LogP contribution < -0.4 is 5.32 Å². The van der Waals surface area contributed by atoms with E-state index in [1.54, 1.807) is 0 Å². The molecule has 0 fully saturated rings. The Hall–Kier alpha value is -3.70. The largest absolute Gasteiger partial charge is 0.345 e. The van der Waals surface area contributed by atoms with E-state index in [1.807, 2.05) is 6.07 Å². The van der Waals surface area contributed by atoms with Gasteiger partial charge in [0.25, 0.3) is 0 Å². The van der Waals surface area contributed by atoms with Crippen LogP contribution in [-0.2, 0) is 13.0 Å². The highest BCUT2D eigenvalue weighted by atomic mass is 32.1. The summed E-state index contributed by atoms with van der Waals surface area (Å²) in [5, 5.41) is 8.74. The highest BCUT2D eigenvalue weighted by Gasteiger charge is 2.29. The third kappa shape index (κ3) is 3.76. The molecule has 2 aromatic heterocycles. The highest BCUT2D eigenvalue weighted by molar-refractivity contribution is 7.81. The van der Waals surface area contributed by atoms with Crippen molar-refractivity contribution in [3.05, 3.63) is 101 Å². The second-order valence-corrected chi connectivity index (χ2v) is 9.78. The van der Waals surface area contributed by atoms with Gasteiger partial charge in [-0.25, -0.2) is 4.52 Å². The first-order valence-corrected chi connectivity index (χ1v) is 12.7. The van der Waals surface area contributed by atoms with Crippen LogP contribution in [0.3, 0.4) is 0 Å². The number of hydrogen-bond acceptors (Lipinski definition) is 2. The Morgan fingerprint density at radius 1 is 0.857 bits per heavy atom. The van der Waals surface area contributed by atoms with Crippen LogP contribution in [0.2, 0.25) is 0 Å². The van der Waals surface area contributed by atoms with Gasteiger partial charge in [0.2, 0.25) is 0 Å². The number of aromatic nitrogens is 3. The molecule has 5 heteroatoms. The van der Waals surface area contributed by atoms with Gasteiger partial charge in [0.1, 0.15) is 16.3 Å². The Bertz CT molecular complexity index is 1540. The second-order valence-electron chi connectivity index (χ2n) is 9.37. The molecule has 1 N–H and O–H groups in total. The lowest BCUT2D eigenvalue weighted by Gasteiger charge is -2.13. The van der Waals surface area contributed by atoms with Gasteiger partial charge >= 0.3 is 0 Å². The number of rotatable bonds is 4. The molecule has 0 amide bonds. The number of anilines is 1. The zero-order valence-corrected chi connectivity index (χ0v) is 20.9. The molecule has 0 atom stereocenters. The van der Waals surface area contributed by atoms with Gasteiger partial charge in [-0.05, 0) is 50.3 Å². The van der Waals surface area contributed by atoms with Crippen LogP contribution in [0.4, 0.5) is 5.69 Å². The van der Waals surface area contributed by atoms with Gasteiger partial charge in [0.15, 0.2) is 5.82 Å². The summed E-state index contributed by atoms with van der Waals surface area (Å²) in [5.74, 6) is 0.999. The van der Waals surface area contributed by atoms with Gasteiger partial charge in [-0.3, -0.25) is 0 Å². The number of nitrogens with one attached hydrogen (secondary N) is 1. The highest BCUT2D eigenvalue weighted by Crippen LogP contribution is 2.38. The summed E-state index contributed by atoms with van der Waals surface area (Å²) in [7, 11) is 0. The molecule has 0 saturated carbocycles. The monoisotopic (exact) mass is 476 g/mol. The van der Waals surface area contributed by atoms with Gasteiger partial charge < -0.3 is 9.88 Å². The SMILES string of the molecule is Cc1ccc(-c2c3c4n(c(-c5ccccc5)nn4c2C(=S)Nc2ccccc2C)CCCC3)cc1. The lowest BCUT2D eigenvalue weighted by molar-refractivity contribution is 0.645. The van der Waals surface area contributed by atoms with E-state index in [2.05, 4.69) is 101 Å². The van der Waals surface area contributed by atoms with Crippen LogP contribution in [0.1, 0.15) is 35.2 Å². The third-order valence-corrected chi connectivity index (χ3v) is 7.26. The number of para-hydroxylation sites is 1. The molecule has 35 heavy (non-hydrogen) atoms. The zero-order valence-electron chi connectivity index (χ0n) is 20.1. The predicted molar refractivity (Wildman–Crippen MR) is 148 cm³/mol. The summed E-state index contributed by atoms with van der Waals surface area (Å²) >= 11 is 6.11. The molecule has 6 rings (SSSR count). The summed E-state index contributed by atoms with van der Waals surface area (Å²) < 4.78 is 4.50. The smallest absolute Gasteiger partial charge is 0.162 e. The molecular weight excluding hydrogens is 448 g/mol. The van der Waals surface area contributed by atoms with Gasteiger partial charge in [-0.15, -0.1) is 5.10 Å². The van der Waals surface area contributed by atoms with Gasteiger partial charge in [0, 0.05) is 28.9 Å². The minimum absolute atomic E-state index is 0.695. The van der Waals surface area contributed by atoms with Crippen LogP contribution in [0.5, 0.6) is 0 Å². The Morgan fingerprint density at radius 3 is 2.37 bits per heavy atom. The Morgan fingerprint density at radius 2 is 1.60 bits per heavy atom. The normalized spacial score (nSPS) is 13.1. The fraction of sp³-hybridized carbons (Fsp3) is 0.200. The van der Waals surface area contributed by atoms with E-state index < -0.39 is 0 Å². The molecule has 1 aliphatic heterocycles. The fourth-order valence-corrected chi connectivity index (χ4v) is 5.47. The lowest BCUT2D eigenvalue weighted by Crippen LogP contribution is -2.15. The molecule has 0 aliphatic carbocycles. The van der Waals surface area contributed by atoms with Crippen LogP contribution in [0.25, 0.3) is 28.2 Å². The first-order valence-electron chi connectivity index (χ1n) is 12.3. The molecule has 5 aromatic rings. The van der Waals surface area contributed by atoms with E-state index in [9.17, 15) is 0 Å². The summed E-state index contributed by atoms with van der Waals surface area (Å²) in [4.78, 5) is 0.695. The number of aryl methyl sites for hydroxylation is 4. The summed E-state index contributed by atoms with van der Waals surface area (Å²) in [5.41, 5.74) is 10.4. The van der Waals surface area contributed by atoms with Crippen molar-refractivity contribution in [2.75, 3.05) is 5.32 Å². The first-order chi connectivity index (χ1) is 17.1. The van der Waals surface area contributed by atoms with E-state index >= 15 is 0 Å². The maximum absolute atomic E-state index is 6.11. The van der Waals surface area contributed by atoms with Crippen molar-refractivity contribution in [3.8, 4) is 22.5 Å². The zero-order chi connectivity index (χ0) is 23.9. The minimum atomic E-state index is 0.695. The molecule has 4 nitrogen and oxygen atoms in total. The topological polar surface area (TPSA) is 34.3 Å². The average Bonchev–Trinajstić information content (AvgIpc) is 3.29. The molecule has 0 saturated heterocycles. The molecule has 0 bridgehead atoms. The number of benzene rings is 3. The predicted octanol–water partition coefficient (Wildman–Crippen LogP) is 7.21. The van der Waals surface area contributed by atoms with Crippen molar-refractivity contribution in [1.29, 1.82) is 0 Å². The maximum Gasteiger partial charge on any atom is 0.162 e. The van der Waals surface area contributed by atoms with Crippen LogP contribution in [-0.4, -0.2) is 19.2 Å². The molecule has 0 radical (unpaired) electrons. The Balaban J connectivity index is 1.62. The van der Waals surface area contributed by atoms with Crippen LogP contribution >= 0.6 is 12.2 Å². The van der Waals surface area contributed by atoms with Gasteiger partial charge in [-0.2, -0.15) is 0 Å². The van der Waals surface area contributed by atoms with E-state index in [0.29, 0.717) is 4.99 Å². The molecule has 0 unspecified atom stereocenters. The van der Waals surface area contributed by atoms with Crippen molar-refractivity contribution >= 4 is 28.5 Å². The van der Waals surface area contributed by atoms with Crippen molar-refractivity contribution in [1.82, 2.24) is 14.2 Å². The number of thiocarbonyl (C=S) groups is 1. The van der Waals surface area contributed by atoms with Crippen LogP contribution in [0, 0.1) is 13.8 Å². The third-order valence-electron chi connectivity index (χ3n) is 6.97. The number of hydrogen-bond donors (Lipinski definition) is 1. The number of nitrogens with zero attached hydrogens (tertiary/aromatic N) is 3. The standard InChI is InChI=1S/C30H28N4S/c1-20-15-17-22(18-16-20)26-24-13-8-9-19-33-28(23-11-4-3-5-12-23)32-34(30(24)33)27(26)29(35)31-25-14-7-6-10-21(25)2/h3-7,10-12,14-18H,8-9,13,19H2,1-2H3,(H,31,35). The van der Waals surface area contributed by atoms with Crippen molar-refractivity contribution in [2.24, 2.45) is 0 Å². The second kappa shape index (κ2) is 8.82. The fourth-order valence-electron chi connectivity index (χ4n) is 5.17. The molecule has 3 aromatic carbocycles. The molecule has 1 aliphatic rings. The maximum atomic E-state index is 6.11. The van der Waals surface area contributed by atoms with E-state index in [-0.39, 0.29) is 0 Å². The Labute approximate surface area is 211 Å². The minimum Gasteiger partial charge on any atom is -0.345 e. The van der Waals surface area contributed by atoms with E-state index in [0.717, 1.165) is 54.1 Å². The molecular formula is C30H28N4S. The lowest BCUT2D eigenvalue weighted by atomic mass is 9.97. The Kier molecular flexibility index (Phi) is 5.50. The van der Waals surface area contributed by atoms with Gasteiger partial charge in [0.05, 0.1) is 0 Å². The van der Waals surface area contributed by atoms with Crippen LogP contribution in [0.15, 0.2) is 78.9 Å². The average molecular weight is 477 g/mol. The summed E-state index contributed by atoms with van der Waals surface area (Å²) in [6.45, 7) is 5.18. The first kappa shape index (κ1) is 21.8. The summed E-state index contributed by atoms with van der Waals surface area (Å²) in [6.07, 6.45) is 3.29. The van der Waals surface area contributed by atoms with Crippen molar-refractivity contribution in [2.45, 2.75) is 39.7 Å². The molecule has 0 spiro atoms. The summed E-state index contributed by atoms with van der Waals surface area (Å²) in [6, 6.07) is 27.5. The van der Waals surface area contributed by atoms with E-state index in [4.69, 9.17) is 17.3 Å².